The van der Waals surface area contributed by atoms with Crippen molar-refractivity contribution < 1.29 is 0 Å². The zero-order valence-corrected chi connectivity index (χ0v) is 9.46. The zero-order chi connectivity index (χ0) is 11.8. The molecule has 0 saturated heterocycles. The lowest BCUT2D eigenvalue weighted by molar-refractivity contribution is 1.07. The van der Waals surface area contributed by atoms with Crippen molar-refractivity contribution in [3.8, 4) is 5.69 Å². The Morgan fingerprint density at radius 2 is 1.94 bits per heavy atom. The van der Waals surface area contributed by atoms with E-state index in [2.05, 4.69) is 9.97 Å². The first-order valence-electron chi connectivity index (χ1n) is 5.42. The lowest BCUT2D eigenvalue weighted by atomic mass is 10.2. The number of pyridine rings is 1. The Balaban J connectivity index is 2.38. The number of nitrogens with zero attached hydrogens (tertiary/aromatic N) is 3. The molecule has 0 unspecified atom stereocenters. The summed E-state index contributed by atoms with van der Waals surface area (Å²) < 4.78 is 1.88. The molecular weight excluding hydrogens is 212 g/mol. The van der Waals surface area contributed by atoms with E-state index in [0.717, 1.165) is 22.4 Å². The molecule has 4 heteroatoms. The number of anilines is 1. The van der Waals surface area contributed by atoms with Crippen molar-refractivity contribution in [1.82, 2.24) is 14.5 Å². The fourth-order valence-electron chi connectivity index (χ4n) is 1.98. The highest BCUT2D eigenvalue weighted by molar-refractivity contribution is 5.77. The van der Waals surface area contributed by atoms with E-state index in [1.165, 1.54) is 0 Å². The first-order valence-corrected chi connectivity index (χ1v) is 5.42. The Morgan fingerprint density at radius 3 is 2.76 bits per heavy atom. The highest BCUT2D eigenvalue weighted by atomic mass is 15.2. The van der Waals surface area contributed by atoms with Crippen molar-refractivity contribution in [3.63, 3.8) is 0 Å². The van der Waals surface area contributed by atoms with Crippen LogP contribution in [0.3, 0.4) is 0 Å². The van der Waals surface area contributed by atoms with E-state index in [0.29, 0.717) is 5.95 Å². The Hall–Kier alpha value is -2.36. The van der Waals surface area contributed by atoms with Crippen LogP contribution >= 0.6 is 0 Å². The van der Waals surface area contributed by atoms with Crippen molar-refractivity contribution in [1.29, 1.82) is 0 Å². The molecule has 0 amide bonds. The van der Waals surface area contributed by atoms with E-state index in [4.69, 9.17) is 5.73 Å². The number of benzene rings is 1. The average Bonchev–Trinajstić information content (AvgIpc) is 2.66. The summed E-state index contributed by atoms with van der Waals surface area (Å²) >= 11 is 0. The number of hydrogen-bond donors (Lipinski definition) is 1. The lowest BCUT2D eigenvalue weighted by Crippen LogP contribution is -2.02. The molecular formula is C13H12N4. The van der Waals surface area contributed by atoms with Crippen molar-refractivity contribution in [2.75, 3.05) is 5.73 Å². The zero-order valence-electron chi connectivity index (χ0n) is 9.46. The molecule has 3 aromatic rings. The van der Waals surface area contributed by atoms with Gasteiger partial charge in [-0.3, -0.25) is 4.57 Å². The number of rotatable bonds is 1. The molecule has 1 aromatic carbocycles. The van der Waals surface area contributed by atoms with Gasteiger partial charge in [-0.2, -0.15) is 0 Å². The monoisotopic (exact) mass is 224 g/mol. The van der Waals surface area contributed by atoms with Crippen molar-refractivity contribution in [2.24, 2.45) is 0 Å². The highest BCUT2D eigenvalue weighted by Crippen LogP contribution is 2.23. The van der Waals surface area contributed by atoms with E-state index in [1.54, 1.807) is 6.20 Å². The Kier molecular flexibility index (Phi) is 2.08. The summed E-state index contributed by atoms with van der Waals surface area (Å²) in [6.07, 6.45) is 1.75. The standard InChI is InChI=1S/C13H12N4/c1-9-5-2-3-7-11(9)17-12-10(16-13(17)14)6-4-8-15-12/h2-8H,1H3,(H2,14,16). The number of nitrogen functional groups attached to an aromatic ring is 1. The number of imidazole rings is 1. The second kappa shape index (κ2) is 3.59. The van der Waals surface area contributed by atoms with Crippen LogP contribution in [0.25, 0.3) is 16.9 Å². The summed E-state index contributed by atoms with van der Waals surface area (Å²) in [6.45, 7) is 2.05. The molecule has 2 heterocycles. The Morgan fingerprint density at radius 1 is 1.12 bits per heavy atom. The van der Waals surface area contributed by atoms with Crippen LogP contribution in [0.5, 0.6) is 0 Å². The fourth-order valence-corrected chi connectivity index (χ4v) is 1.98. The number of aryl methyl sites for hydroxylation is 1. The smallest absolute Gasteiger partial charge is 0.207 e. The van der Waals surface area contributed by atoms with Gasteiger partial charge in [-0.25, -0.2) is 9.97 Å². The van der Waals surface area contributed by atoms with E-state index in [-0.39, 0.29) is 0 Å². The molecule has 0 atom stereocenters. The van der Waals surface area contributed by atoms with Gasteiger partial charge in [0.15, 0.2) is 5.65 Å². The minimum Gasteiger partial charge on any atom is -0.369 e. The quantitative estimate of drug-likeness (QED) is 0.690. The second-order valence-corrected chi connectivity index (χ2v) is 3.94. The second-order valence-electron chi connectivity index (χ2n) is 3.94. The number of hydrogen-bond acceptors (Lipinski definition) is 3. The highest BCUT2D eigenvalue weighted by Gasteiger charge is 2.11. The van der Waals surface area contributed by atoms with E-state index < -0.39 is 0 Å². The summed E-state index contributed by atoms with van der Waals surface area (Å²) in [5.41, 5.74) is 9.73. The molecule has 0 fully saturated rings. The Labute approximate surface area is 98.7 Å². The van der Waals surface area contributed by atoms with Crippen LogP contribution in [0, 0.1) is 6.92 Å². The molecule has 3 rings (SSSR count). The topological polar surface area (TPSA) is 56.7 Å². The number of nitrogens with two attached hydrogens (primary N) is 1. The molecule has 0 spiro atoms. The third-order valence-electron chi connectivity index (χ3n) is 2.80. The maximum absolute atomic E-state index is 5.97. The summed E-state index contributed by atoms with van der Waals surface area (Å²) in [7, 11) is 0. The van der Waals surface area contributed by atoms with Crippen LogP contribution in [0.2, 0.25) is 0 Å². The summed E-state index contributed by atoms with van der Waals surface area (Å²) in [5.74, 6) is 0.466. The van der Waals surface area contributed by atoms with Crippen LogP contribution in [-0.2, 0) is 0 Å². The minimum absolute atomic E-state index is 0.466. The van der Waals surface area contributed by atoms with E-state index in [1.807, 2.05) is 47.9 Å². The largest absolute Gasteiger partial charge is 0.369 e. The van der Waals surface area contributed by atoms with E-state index in [9.17, 15) is 0 Å². The van der Waals surface area contributed by atoms with Gasteiger partial charge in [0.05, 0.1) is 5.69 Å². The predicted molar refractivity (Wildman–Crippen MR) is 68.0 cm³/mol. The summed E-state index contributed by atoms with van der Waals surface area (Å²) in [5, 5.41) is 0. The van der Waals surface area contributed by atoms with Crippen molar-refractivity contribution in [2.45, 2.75) is 6.92 Å². The predicted octanol–water partition coefficient (Wildman–Crippen LogP) is 2.31. The maximum atomic E-state index is 5.97. The molecule has 0 saturated carbocycles. The SMILES string of the molecule is Cc1ccccc1-n1c(N)nc2cccnc21. The fraction of sp³-hybridized carbons (Fsp3) is 0.0769. The summed E-state index contributed by atoms with van der Waals surface area (Å²) in [4.78, 5) is 8.65. The average molecular weight is 224 g/mol. The Bertz CT molecular complexity index is 685. The normalized spacial score (nSPS) is 10.9. The van der Waals surface area contributed by atoms with Gasteiger partial charge < -0.3 is 5.73 Å². The van der Waals surface area contributed by atoms with Gasteiger partial charge in [0.2, 0.25) is 5.95 Å². The van der Waals surface area contributed by atoms with Gasteiger partial charge in [0.1, 0.15) is 5.52 Å². The number of fused-ring (bicyclic) bond motifs is 1. The van der Waals surface area contributed by atoms with Crippen LogP contribution in [0.4, 0.5) is 5.95 Å². The third-order valence-corrected chi connectivity index (χ3v) is 2.80. The van der Waals surface area contributed by atoms with Crippen LogP contribution in [0.15, 0.2) is 42.6 Å². The molecule has 17 heavy (non-hydrogen) atoms. The molecule has 0 aliphatic rings. The molecule has 2 aromatic heterocycles. The first kappa shape index (κ1) is 9.84. The number of para-hydroxylation sites is 1. The lowest BCUT2D eigenvalue weighted by Gasteiger charge is -2.08. The molecule has 4 nitrogen and oxygen atoms in total. The number of aromatic nitrogens is 3. The van der Waals surface area contributed by atoms with Crippen LogP contribution in [-0.4, -0.2) is 14.5 Å². The van der Waals surface area contributed by atoms with Crippen molar-refractivity contribution in [3.05, 3.63) is 48.2 Å². The van der Waals surface area contributed by atoms with Crippen LogP contribution in [0.1, 0.15) is 5.56 Å². The van der Waals surface area contributed by atoms with Crippen molar-refractivity contribution >= 4 is 17.1 Å². The van der Waals surface area contributed by atoms with Crippen LogP contribution < -0.4 is 5.73 Å². The third kappa shape index (κ3) is 1.45. The van der Waals surface area contributed by atoms with Gasteiger partial charge in [-0.1, -0.05) is 18.2 Å². The van der Waals surface area contributed by atoms with Gasteiger partial charge in [0.25, 0.3) is 0 Å². The molecule has 2 N–H and O–H groups in total. The molecule has 0 bridgehead atoms. The molecule has 0 aliphatic heterocycles. The molecule has 84 valence electrons. The maximum Gasteiger partial charge on any atom is 0.207 e. The summed E-state index contributed by atoms with van der Waals surface area (Å²) in [6, 6.07) is 11.8. The van der Waals surface area contributed by atoms with Gasteiger partial charge in [0, 0.05) is 6.20 Å². The van der Waals surface area contributed by atoms with Gasteiger partial charge in [-0.05, 0) is 30.7 Å². The molecule has 0 aliphatic carbocycles. The molecule has 0 radical (unpaired) electrons. The van der Waals surface area contributed by atoms with E-state index >= 15 is 0 Å². The first-order chi connectivity index (χ1) is 8.27. The van der Waals surface area contributed by atoms with Gasteiger partial charge in [-0.15, -0.1) is 0 Å². The minimum atomic E-state index is 0.466. The van der Waals surface area contributed by atoms with Gasteiger partial charge >= 0.3 is 0 Å².